The van der Waals surface area contributed by atoms with Gasteiger partial charge in [-0.05, 0) is 12.8 Å². The Morgan fingerprint density at radius 3 is 1.07 bits per heavy atom. The van der Waals surface area contributed by atoms with Crippen molar-refractivity contribution >= 4 is 6.16 Å². The number of hydrogen-bond donors (Lipinski definition) is 0. The maximum Gasteiger partial charge on any atom is 0.508 e. The number of ether oxygens (including phenoxy) is 2. The summed E-state index contributed by atoms with van der Waals surface area (Å²) in [7, 11) is 0. The molecule has 0 saturated heterocycles. The number of carbonyl (C=O) groups is 1. The van der Waals surface area contributed by atoms with E-state index in [1.807, 2.05) is 0 Å². The summed E-state index contributed by atoms with van der Waals surface area (Å²) in [5.74, 6) is 0. The van der Waals surface area contributed by atoms with Gasteiger partial charge in [0.25, 0.3) is 0 Å². The second-order valence-corrected chi connectivity index (χ2v) is 8.31. The molecule has 0 heterocycles. The summed E-state index contributed by atoms with van der Waals surface area (Å²) in [5, 5.41) is 0. The maximum absolute atomic E-state index is 11.3. The van der Waals surface area contributed by atoms with E-state index in [9.17, 15) is 4.79 Å². The van der Waals surface area contributed by atoms with Crippen LogP contribution in [0, 0.1) is 0 Å². The van der Waals surface area contributed by atoms with Crippen LogP contribution in [0.2, 0.25) is 0 Å². The lowest BCUT2D eigenvalue weighted by atomic mass is 10.0. The lowest BCUT2D eigenvalue weighted by Gasteiger charge is -2.06. The third kappa shape index (κ3) is 23.3. The predicted molar refractivity (Wildman–Crippen MR) is 121 cm³/mol. The predicted octanol–water partition coefficient (Wildman–Crippen LogP) is 8.98. The zero-order valence-electron chi connectivity index (χ0n) is 19.3. The van der Waals surface area contributed by atoms with Gasteiger partial charge in [0.05, 0.1) is 13.2 Å². The molecule has 0 spiro atoms. The van der Waals surface area contributed by atoms with E-state index in [1.54, 1.807) is 0 Å². The quantitative estimate of drug-likeness (QED) is 0.135. The van der Waals surface area contributed by atoms with Crippen LogP contribution in [0.25, 0.3) is 0 Å². The summed E-state index contributed by atoms with van der Waals surface area (Å²) in [5.41, 5.74) is 0. The number of hydrogen-bond acceptors (Lipinski definition) is 3. The first kappa shape index (κ1) is 27.3. The Morgan fingerprint density at radius 1 is 0.429 bits per heavy atom. The van der Waals surface area contributed by atoms with E-state index in [4.69, 9.17) is 9.47 Å². The van der Waals surface area contributed by atoms with Crippen molar-refractivity contribution in [1.82, 2.24) is 0 Å². The Bertz CT molecular complexity index is 304. The molecule has 0 unspecified atom stereocenters. The highest BCUT2D eigenvalue weighted by Gasteiger charge is 2.02. The van der Waals surface area contributed by atoms with Gasteiger partial charge in [0.15, 0.2) is 0 Å². The molecule has 0 rings (SSSR count). The van der Waals surface area contributed by atoms with Gasteiger partial charge in [-0.3, -0.25) is 0 Å². The van der Waals surface area contributed by atoms with E-state index >= 15 is 0 Å². The summed E-state index contributed by atoms with van der Waals surface area (Å²) in [6.45, 7) is 5.35. The second kappa shape index (κ2) is 24.3. The van der Waals surface area contributed by atoms with E-state index in [2.05, 4.69) is 13.8 Å². The summed E-state index contributed by atoms with van der Waals surface area (Å²) in [6, 6.07) is 0. The molecule has 3 nitrogen and oxygen atoms in total. The van der Waals surface area contributed by atoms with E-state index in [1.165, 1.54) is 103 Å². The van der Waals surface area contributed by atoms with Crippen molar-refractivity contribution in [2.24, 2.45) is 0 Å². The lowest BCUT2D eigenvalue weighted by Crippen LogP contribution is -2.09. The SMILES string of the molecule is CCCCCCCCCCCCCCCCCCCCOC(=O)OCCCC. The van der Waals surface area contributed by atoms with Crippen LogP contribution in [0.1, 0.15) is 142 Å². The summed E-state index contributed by atoms with van der Waals surface area (Å²) >= 11 is 0. The minimum atomic E-state index is -0.500. The molecule has 0 N–H and O–H groups in total. The van der Waals surface area contributed by atoms with Crippen molar-refractivity contribution in [3.63, 3.8) is 0 Å². The molecule has 0 aromatic rings. The van der Waals surface area contributed by atoms with Crippen LogP contribution >= 0.6 is 0 Å². The van der Waals surface area contributed by atoms with E-state index in [0.29, 0.717) is 13.2 Å². The Kier molecular flexibility index (Phi) is 23.7. The van der Waals surface area contributed by atoms with Crippen LogP contribution in [0.4, 0.5) is 4.79 Å². The van der Waals surface area contributed by atoms with E-state index in [0.717, 1.165) is 25.7 Å². The van der Waals surface area contributed by atoms with Crippen molar-refractivity contribution in [2.45, 2.75) is 142 Å². The van der Waals surface area contributed by atoms with Crippen LogP contribution < -0.4 is 0 Å². The largest absolute Gasteiger partial charge is 0.508 e. The maximum atomic E-state index is 11.3. The van der Waals surface area contributed by atoms with Crippen molar-refractivity contribution < 1.29 is 14.3 Å². The standard InChI is InChI=1S/C25H50O3/c1-3-5-7-8-9-10-11-12-13-14-15-16-17-18-19-20-21-22-24-28-25(26)27-23-6-4-2/h3-24H2,1-2H3. The molecule has 0 bridgehead atoms. The summed E-state index contributed by atoms with van der Waals surface area (Å²) in [6.07, 6.45) is 26.1. The number of unbranched alkanes of at least 4 members (excludes halogenated alkanes) is 18. The van der Waals surface area contributed by atoms with Gasteiger partial charge in [0, 0.05) is 0 Å². The van der Waals surface area contributed by atoms with Crippen LogP contribution in [-0.2, 0) is 9.47 Å². The molecule has 0 amide bonds. The van der Waals surface area contributed by atoms with Crippen LogP contribution in [0.3, 0.4) is 0 Å². The molecule has 0 aliphatic heterocycles. The average molecular weight is 399 g/mol. The van der Waals surface area contributed by atoms with Crippen molar-refractivity contribution in [1.29, 1.82) is 0 Å². The zero-order chi connectivity index (χ0) is 20.5. The highest BCUT2D eigenvalue weighted by atomic mass is 16.7. The van der Waals surface area contributed by atoms with Crippen LogP contribution in [0.15, 0.2) is 0 Å². The molecular formula is C25H50O3. The highest BCUT2D eigenvalue weighted by molar-refractivity contribution is 5.59. The minimum absolute atomic E-state index is 0.481. The molecule has 168 valence electrons. The fourth-order valence-corrected chi connectivity index (χ4v) is 3.50. The van der Waals surface area contributed by atoms with Crippen molar-refractivity contribution in [2.75, 3.05) is 13.2 Å². The molecule has 3 heteroatoms. The molecule has 0 aliphatic carbocycles. The van der Waals surface area contributed by atoms with Crippen molar-refractivity contribution in [3.05, 3.63) is 0 Å². The Balaban J connectivity index is 3.06. The smallest absolute Gasteiger partial charge is 0.434 e. The number of carbonyl (C=O) groups excluding carboxylic acids is 1. The molecule has 0 aromatic heterocycles. The van der Waals surface area contributed by atoms with Gasteiger partial charge in [-0.2, -0.15) is 0 Å². The minimum Gasteiger partial charge on any atom is -0.434 e. The Labute approximate surface area is 176 Å². The number of rotatable bonds is 22. The third-order valence-corrected chi connectivity index (χ3v) is 5.44. The zero-order valence-corrected chi connectivity index (χ0v) is 19.3. The van der Waals surface area contributed by atoms with Gasteiger partial charge in [0.1, 0.15) is 0 Å². The molecule has 0 atom stereocenters. The first-order valence-corrected chi connectivity index (χ1v) is 12.6. The highest BCUT2D eigenvalue weighted by Crippen LogP contribution is 2.14. The first-order valence-electron chi connectivity index (χ1n) is 12.6. The molecule has 0 aliphatic rings. The Morgan fingerprint density at radius 2 is 0.714 bits per heavy atom. The topological polar surface area (TPSA) is 35.5 Å². The molecule has 0 aromatic carbocycles. The Hall–Kier alpha value is -0.730. The molecule has 28 heavy (non-hydrogen) atoms. The van der Waals surface area contributed by atoms with E-state index in [-0.39, 0.29) is 0 Å². The van der Waals surface area contributed by atoms with Gasteiger partial charge in [-0.15, -0.1) is 0 Å². The van der Waals surface area contributed by atoms with Gasteiger partial charge in [-0.1, -0.05) is 129 Å². The normalized spacial score (nSPS) is 10.9. The third-order valence-electron chi connectivity index (χ3n) is 5.44. The van der Waals surface area contributed by atoms with Gasteiger partial charge >= 0.3 is 6.16 Å². The van der Waals surface area contributed by atoms with Crippen LogP contribution in [-0.4, -0.2) is 19.4 Å². The molecule has 0 radical (unpaired) electrons. The summed E-state index contributed by atoms with van der Waals surface area (Å²) < 4.78 is 10.0. The summed E-state index contributed by atoms with van der Waals surface area (Å²) in [4.78, 5) is 11.3. The van der Waals surface area contributed by atoms with Gasteiger partial charge in [0.2, 0.25) is 0 Å². The monoisotopic (exact) mass is 398 g/mol. The van der Waals surface area contributed by atoms with Gasteiger partial charge in [-0.25, -0.2) is 4.79 Å². The van der Waals surface area contributed by atoms with E-state index < -0.39 is 6.16 Å². The van der Waals surface area contributed by atoms with Crippen molar-refractivity contribution in [3.8, 4) is 0 Å². The fourth-order valence-electron chi connectivity index (χ4n) is 3.50. The molecule has 0 fully saturated rings. The second-order valence-electron chi connectivity index (χ2n) is 8.31. The molecule has 0 saturated carbocycles. The lowest BCUT2D eigenvalue weighted by molar-refractivity contribution is 0.0532. The molecular weight excluding hydrogens is 348 g/mol. The van der Waals surface area contributed by atoms with Crippen LogP contribution in [0.5, 0.6) is 0 Å². The average Bonchev–Trinajstić information content (AvgIpc) is 2.70. The fraction of sp³-hybridized carbons (Fsp3) is 0.960. The first-order chi connectivity index (χ1) is 13.8. The van der Waals surface area contributed by atoms with Gasteiger partial charge < -0.3 is 9.47 Å².